The maximum Gasteiger partial charge on any atom is 0.266 e. The number of hydrogen-bond acceptors (Lipinski definition) is 4. The average Bonchev–Trinajstić information content (AvgIpc) is 2.63. The maximum absolute atomic E-state index is 12.6. The van der Waals surface area contributed by atoms with Crippen LogP contribution in [0.5, 0.6) is 11.5 Å². The summed E-state index contributed by atoms with van der Waals surface area (Å²) in [6, 6.07) is 11.3. The molecule has 1 amide bonds. The van der Waals surface area contributed by atoms with Gasteiger partial charge in [-0.05, 0) is 69.5 Å². The van der Waals surface area contributed by atoms with Gasteiger partial charge in [0.2, 0.25) is 0 Å². The van der Waals surface area contributed by atoms with Crippen LogP contribution in [0, 0.1) is 32.1 Å². The third-order valence-corrected chi connectivity index (χ3v) is 4.14. The van der Waals surface area contributed by atoms with Crippen molar-refractivity contribution >= 4 is 17.7 Å². The van der Waals surface area contributed by atoms with Gasteiger partial charge in [0.15, 0.2) is 11.5 Å². The third kappa shape index (κ3) is 5.14. The molecule has 0 saturated heterocycles. The molecular formula is C23H26N2O3. The number of aryl methyl sites for hydroxylation is 3. The number of nitrogens with zero attached hydrogens (tertiary/aromatic N) is 1. The summed E-state index contributed by atoms with van der Waals surface area (Å²) in [5, 5.41) is 12.3. The summed E-state index contributed by atoms with van der Waals surface area (Å²) in [6.45, 7) is 9.74. The van der Waals surface area contributed by atoms with E-state index in [4.69, 9.17) is 9.47 Å². The molecule has 0 atom stereocenters. The molecule has 28 heavy (non-hydrogen) atoms. The van der Waals surface area contributed by atoms with Crippen molar-refractivity contribution < 1.29 is 14.3 Å². The number of rotatable bonds is 6. The van der Waals surface area contributed by atoms with Crippen molar-refractivity contribution in [3.63, 3.8) is 0 Å². The highest BCUT2D eigenvalue weighted by atomic mass is 16.5. The van der Waals surface area contributed by atoms with E-state index >= 15 is 0 Å². The predicted octanol–water partition coefficient (Wildman–Crippen LogP) is 4.95. The van der Waals surface area contributed by atoms with Crippen molar-refractivity contribution in [2.45, 2.75) is 40.7 Å². The lowest BCUT2D eigenvalue weighted by Gasteiger charge is -2.14. The zero-order valence-corrected chi connectivity index (χ0v) is 17.2. The van der Waals surface area contributed by atoms with E-state index in [-0.39, 0.29) is 11.7 Å². The third-order valence-electron chi connectivity index (χ3n) is 4.14. The lowest BCUT2D eigenvalue weighted by atomic mass is 10.0. The van der Waals surface area contributed by atoms with Gasteiger partial charge < -0.3 is 14.8 Å². The smallest absolute Gasteiger partial charge is 0.266 e. The van der Waals surface area contributed by atoms with Crippen molar-refractivity contribution in [3.05, 3.63) is 58.2 Å². The first-order valence-corrected chi connectivity index (χ1v) is 9.10. The van der Waals surface area contributed by atoms with Gasteiger partial charge in [0.05, 0.1) is 13.2 Å². The SMILES string of the molecule is COc1cc(/C=C(\C#N)C(=O)Nc2c(C)cc(C)cc2C)ccc1OC(C)C. The van der Waals surface area contributed by atoms with Crippen LogP contribution in [-0.2, 0) is 4.79 Å². The highest BCUT2D eigenvalue weighted by Crippen LogP contribution is 2.30. The molecule has 0 unspecified atom stereocenters. The first kappa shape index (κ1) is 21.0. The van der Waals surface area contributed by atoms with Crippen LogP contribution in [0.4, 0.5) is 5.69 Å². The minimum atomic E-state index is -0.445. The summed E-state index contributed by atoms with van der Waals surface area (Å²) in [6.07, 6.45) is 1.55. The van der Waals surface area contributed by atoms with Gasteiger partial charge in [0, 0.05) is 5.69 Å². The van der Waals surface area contributed by atoms with E-state index in [0.717, 1.165) is 22.4 Å². The Morgan fingerprint density at radius 2 is 1.75 bits per heavy atom. The number of benzene rings is 2. The summed E-state index contributed by atoms with van der Waals surface area (Å²) in [7, 11) is 1.55. The second kappa shape index (κ2) is 9.09. The van der Waals surface area contributed by atoms with Crippen molar-refractivity contribution in [1.29, 1.82) is 5.26 Å². The van der Waals surface area contributed by atoms with E-state index in [1.807, 2.05) is 52.8 Å². The Morgan fingerprint density at radius 3 is 2.29 bits per heavy atom. The van der Waals surface area contributed by atoms with Crippen LogP contribution in [0.2, 0.25) is 0 Å². The Labute approximate surface area is 166 Å². The Hall–Kier alpha value is -3.26. The highest BCUT2D eigenvalue weighted by molar-refractivity contribution is 6.10. The molecular weight excluding hydrogens is 352 g/mol. The normalized spacial score (nSPS) is 11.1. The molecule has 0 aromatic heterocycles. The van der Waals surface area contributed by atoms with Crippen molar-refractivity contribution in [2.75, 3.05) is 12.4 Å². The quantitative estimate of drug-likeness (QED) is 0.570. The molecule has 1 N–H and O–H groups in total. The van der Waals surface area contributed by atoms with Gasteiger partial charge in [0.25, 0.3) is 5.91 Å². The minimum absolute atomic E-state index is 0.0109. The zero-order valence-electron chi connectivity index (χ0n) is 17.2. The molecule has 0 heterocycles. The van der Waals surface area contributed by atoms with Crippen LogP contribution in [0.1, 0.15) is 36.1 Å². The highest BCUT2D eigenvalue weighted by Gasteiger charge is 2.14. The fraction of sp³-hybridized carbons (Fsp3) is 0.304. The van der Waals surface area contributed by atoms with Crippen LogP contribution in [0.25, 0.3) is 6.08 Å². The molecule has 0 aliphatic heterocycles. The van der Waals surface area contributed by atoms with Crippen LogP contribution in [0.15, 0.2) is 35.9 Å². The molecule has 2 aromatic carbocycles. The van der Waals surface area contributed by atoms with Gasteiger partial charge in [-0.1, -0.05) is 23.8 Å². The standard InChI is InChI=1S/C23H26N2O3/c1-14(2)28-20-8-7-18(12-21(20)27-6)11-19(13-24)23(26)25-22-16(4)9-15(3)10-17(22)5/h7-12,14H,1-6H3,(H,25,26)/b19-11+. The zero-order chi connectivity index (χ0) is 20.8. The van der Waals surface area contributed by atoms with E-state index in [9.17, 15) is 10.1 Å². The molecule has 0 spiro atoms. The van der Waals surface area contributed by atoms with E-state index in [1.165, 1.54) is 6.08 Å². The van der Waals surface area contributed by atoms with Crippen molar-refractivity contribution in [1.82, 2.24) is 0 Å². The Balaban J connectivity index is 2.31. The largest absolute Gasteiger partial charge is 0.493 e. The molecule has 0 aliphatic carbocycles. The lowest BCUT2D eigenvalue weighted by Crippen LogP contribution is -2.15. The summed E-state index contributed by atoms with van der Waals surface area (Å²) >= 11 is 0. The Bertz CT molecular complexity index is 930. The Morgan fingerprint density at radius 1 is 1.11 bits per heavy atom. The lowest BCUT2D eigenvalue weighted by molar-refractivity contribution is -0.112. The molecule has 146 valence electrons. The molecule has 0 aliphatic rings. The van der Waals surface area contributed by atoms with E-state index in [0.29, 0.717) is 17.1 Å². The fourth-order valence-electron chi connectivity index (χ4n) is 3.00. The van der Waals surface area contributed by atoms with Gasteiger partial charge in [-0.2, -0.15) is 5.26 Å². The number of nitrogens with one attached hydrogen (secondary N) is 1. The van der Waals surface area contributed by atoms with E-state index < -0.39 is 5.91 Å². The van der Waals surface area contributed by atoms with Crippen LogP contribution in [-0.4, -0.2) is 19.1 Å². The number of amides is 1. The first-order chi connectivity index (χ1) is 13.2. The molecule has 5 heteroatoms. The topological polar surface area (TPSA) is 71.3 Å². The number of anilines is 1. The van der Waals surface area contributed by atoms with Crippen LogP contribution < -0.4 is 14.8 Å². The summed E-state index contributed by atoms with van der Waals surface area (Å²) in [5.41, 5.74) is 4.46. The van der Waals surface area contributed by atoms with Crippen LogP contribution >= 0.6 is 0 Å². The number of nitriles is 1. The monoisotopic (exact) mass is 378 g/mol. The molecule has 2 rings (SSSR count). The molecule has 0 radical (unpaired) electrons. The molecule has 0 bridgehead atoms. The second-order valence-electron chi connectivity index (χ2n) is 6.97. The number of methoxy groups -OCH3 is 1. The predicted molar refractivity (Wildman–Crippen MR) is 112 cm³/mol. The second-order valence-corrected chi connectivity index (χ2v) is 6.97. The van der Waals surface area contributed by atoms with Gasteiger partial charge in [0.1, 0.15) is 11.6 Å². The number of carbonyl (C=O) groups is 1. The summed E-state index contributed by atoms with van der Waals surface area (Å²) < 4.78 is 11.1. The van der Waals surface area contributed by atoms with Gasteiger partial charge >= 0.3 is 0 Å². The van der Waals surface area contributed by atoms with E-state index in [1.54, 1.807) is 25.3 Å². The number of hydrogen-bond donors (Lipinski definition) is 1. The fourth-order valence-corrected chi connectivity index (χ4v) is 3.00. The minimum Gasteiger partial charge on any atom is -0.493 e. The van der Waals surface area contributed by atoms with Crippen molar-refractivity contribution in [3.8, 4) is 17.6 Å². The molecule has 5 nitrogen and oxygen atoms in total. The van der Waals surface area contributed by atoms with Gasteiger partial charge in [-0.25, -0.2) is 0 Å². The van der Waals surface area contributed by atoms with Crippen molar-refractivity contribution in [2.24, 2.45) is 0 Å². The average molecular weight is 378 g/mol. The first-order valence-electron chi connectivity index (χ1n) is 9.10. The summed E-state index contributed by atoms with van der Waals surface area (Å²) in [5.74, 6) is 0.716. The van der Waals surface area contributed by atoms with Gasteiger partial charge in [-0.3, -0.25) is 4.79 Å². The maximum atomic E-state index is 12.6. The molecule has 2 aromatic rings. The van der Waals surface area contributed by atoms with Gasteiger partial charge in [-0.15, -0.1) is 0 Å². The number of carbonyl (C=O) groups excluding carboxylic acids is 1. The van der Waals surface area contributed by atoms with E-state index in [2.05, 4.69) is 5.32 Å². The van der Waals surface area contributed by atoms with Crippen LogP contribution in [0.3, 0.4) is 0 Å². The summed E-state index contributed by atoms with van der Waals surface area (Å²) in [4.78, 5) is 12.6. The Kier molecular flexibility index (Phi) is 6.84. The number of ether oxygens (including phenoxy) is 2. The molecule has 0 fully saturated rings. The molecule has 0 saturated carbocycles.